The van der Waals surface area contributed by atoms with Crippen LogP contribution in [0, 0.1) is 23.7 Å². The van der Waals surface area contributed by atoms with Crippen molar-refractivity contribution in [3.63, 3.8) is 0 Å². The van der Waals surface area contributed by atoms with E-state index in [1.165, 1.54) is 0 Å². The van der Waals surface area contributed by atoms with Crippen LogP contribution in [0.15, 0.2) is 22.6 Å². The molecule has 1 saturated heterocycles. The van der Waals surface area contributed by atoms with Gasteiger partial charge in [-0.2, -0.15) is 5.26 Å². The van der Waals surface area contributed by atoms with Gasteiger partial charge < -0.3 is 14.1 Å². The summed E-state index contributed by atoms with van der Waals surface area (Å²) < 4.78 is 10.6. The molecule has 2 heterocycles. The molecule has 5 nitrogen and oxygen atoms in total. The van der Waals surface area contributed by atoms with Crippen molar-refractivity contribution >= 4 is 16.8 Å². The van der Waals surface area contributed by atoms with Crippen LogP contribution < -0.4 is 4.90 Å². The Bertz CT molecular complexity index is 652. The van der Waals surface area contributed by atoms with Gasteiger partial charge in [0, 0.05) is 26.2 Å². The summed E-state index contributed by atoms with van der Waals surface area (Å²) in [6.45, 7) is 3.52. The van der Waals surface area contributed by atoms with Crippen molar-refractivity contribution in [3.8, 4) is 6.07 Å². The van der Waals surface area contributed by atoms with Crippen molar-refractivity contribution in [2.24, 2.45) is 5.41 Å². The Balaban J connectivity index is 1.85. The highest BCUT2D eigenvalue weighted by Crippen LogP contribution is 2.30. The molecule has 3 rings (SSSR count). The Hall–Kier alpha value is -2.06. The molecule has 0 spiro atoms. The molecule has 1 aromatic heterocycles. The zero-order valence-corrected chi connectivity index (χ0v) is 11.0. The van der Waals surface area contributed by atoms with Crippen LogP contribution in [0.1, 0.15) is 5.89 Å². The highest BCUT2D eigenvalue weighted by Gasteiger charge is 2.40. The molecule has 0 saturated carbocycles. The number of nitriles is 1. The van der Waals surface area contributed by atoms with Gasteiger partial charge in [-0.15, -0.1) is 0 Å². The predicted octanol–water partition coefficient (Wildman–Crippen LogP) is 2.11. The number of hydrogen-bond acceptors (Lipinski definition) is 5. The van der Waals surface area contributed by atoms with E-state index in [-0.39, 0.29) is 5.41 Å². The smallest absolute Gasteiger partial charge is 0.192 e. The van der Waals surface area contributed by atoms with Gasteiger partial charge in [0.2, 0.25) is 0 Å². The molecule has 98 valence electrons. The number of nitrogens with zero attached hydrogens (tertiary/aromatic N) is 3. The molecular formula is C14H15N3O2. The summed E-state index contributed by atoms with van der Waals surface area (Å²) in [5.41, 5.74) is 2.29. The quantitative estimate of drug-likeness (QED) is 0.842. The summed E-state index contributed by atoms with van der Waals surface area (Å²) in [6, 6.07) is 8.24. The average molecular weight is 257 g/mol. The Kier molecular flexibility index (Phi) is 2.68. The maximum Gasteiger partial charge on any atom is 0.192 e. The Morgan fingerprint density at radius 3 is 2.89 bits per heavy atom. The number of hydrogen-bond donors (Lipinski definition) is 0. The first-order valence-corrected chi connectivity index (χ1v) is 6.19. The highest BCUT2D eigenvalue weighted by molar-refractivity contribution is 5.77. The SMILES string of the molecule is Cc1nc2cc(N(C)CC3(C#N)COC3)ccc2o1. The summed E-state index contributed by atoms with van der Waals surface area (Å²) in [5, 5.41) is 9.22. The van der Waals surface area contributed by atoms with Crippen LogP contribution in [-0.4, -0.2) is 31.8 Å². The average Bonchev–Trinajstić information content (AvgIpc) is 2.72. The van der Waals surface area contributed by atoms with Crippen LogP contribution in [0.3, 0.4) is 0 Å². The minimum Gasteiger partial charge on any atom is -0.441 e. The molecule has 1 fully saturated rings. The molecular weight excluding hydrogens is 242 g/mol. The van der Waals surface area contributed by atoms with E-state index in [1.54, 1.807) is 0 Å². The monoisotopic (exact) mass is 257 g/mol. The third-order valence-corrected chi connectivity index (χ3v) is 3.45. The number of anilines is 1. The number of aromatic nitrogens is 1. The summed E-state index contributed by atoms with van der Waals surface area (Å²) in [5.74, 6) is 0.663. The summed E-state index contributed by atoms with van der Waals surface area (Å²) in [6.07, 6.45) is 0. The molecule has 2 aromatic rings. The number of ether oxygens (including phenoxy) is 1. The number of rotatable bonds is 3. The topological polar surface area (TPSA) is 62.3 Å². The van der Waals surface area contributed by atoms with Gasteiger partial charge in [0.1, 0.15) is 10.9 Å². The first-order valence-electron chi connectivity index (χ1n) is 6.19. The van der Waals surface area contributed by atoms with E-state index in [0.717, 1.165) is 16.8 Å². The first kappa shape index (κ1) is 12.0. The summed E-state index contributed by atoms with van der Waals surface area (Å²) >= 11 is 0. The van der Waals surface area contributed by atoms with Gasteiger partial charge >= 0.3 is 0 Å². The number of fused-ring (bicyclic) bond motifs is 1. The Morgan fingerprint density at radius 1 is 1.47 bits per heavy atom. The fraction of sp³-hybridized carbons (Fsp3) is 0.429. The number of oxazole rings is 1. The van der Waals surface area contributed by atoms with Crippen molar-refractivity contribution in [2.75, 3.05) is 31.7 Å². The number of benzene rings is 1. The lowest BCUT2D eigenvalue weighted by Crippen LogP contribution is -2.49. The van der Waals surface area contributed by atoms with Crippen molar-refractivity contribution in [1.82, 2.24) is 4.98 Å². The predicted molar refractivity (Wildman–Crippen MR) is 70.9 cm³/mol. The summed E-state index contributed by atoms with van der Waals surface area (Å²) in [4.78, 5) is 6.39. The second kappa shape index (κ2) is 4.25. The van der Waals surface area contributed by atoms with E-state index in [4.69, 9.17) is 9.15 Å². The minimum absolute atomic E-state index is 0.372. The highest BCUT2D eigenvalue weighted by atomic mass is 16.5. The van der Waals surface area contributed by atoms with Gasteiger partial charge in [0.15, 0.2) is 11.5 Å². The van der Waals surface area contributed by atoms with Gasteiger partial charge in [0.05, 0.1) is 19.3 Å². The normalized spacial score (nSPS) is 16.9. The number of aryl methyl sites for hydroxylation is 1. The third kappa shape index (κ3) is 2.04. The molecule has 1 aliphatic heterocycles. The summed E-state index contributed by atoms with van der Waals surface area (Å²) in [7, 11) is 1.98. The largest absolute Gasteiger partial charge is 0.441 e. The molecule has 5 heteroatoms. The molecule has 0 unspecified atom stereocenters. The van der Waals surface area contributed by atoms with E-state index in [9.17, 15) is 5.26 Å². The molecule has 0 radical (unpaired) electrons. The first-order chi connectivity index (χ1) is 9.12. The second-order valence-corrected chi connectivity index (χ2v) is 5.13. The van der Waals surface area contributed by atoms with Crippen LogP contribution in [0.25, 0.3) is 11.1 Å². The van der Waals surface area contributed by atoms with E-state index in [1.807, 2.05) is 32.2 Å². The third-order valence-electron chi connectivity index (χ3n) is 3.45. The van der Waals surface area contributed by atoms with E-state index >= 15 is 0 Å². The zero-order chi connectivity index (χ0) is 13.5. The van der Waals surface area contributed by atoms with Crippen molar-refractivity contribution in [1.29, 1.82) is 5.26 Å². The van der Waals surface area contributed by atoms with Crippen molar-refractivity contribution < 1.29 is 9.15 Å². The second-order valence-electron chi connectivity index (χ2n) is 5.13. The molecule has 0 amide bonds. The molecule has 1 aromatic carbocycles. The fourth-order valence-corrected chi connectivity index (χ4v) is 2.35. The van der Waals surface area contributed by atoms with Crippen LogP contribution in [-0.2, 0) is 4.74 Å². The van der Waals surface area contributed by atoms with E-state index in [2.05, 4.69) is 16.0 Å². The molecule has 0 N–H and O–H groups in total. The maximum atomic E-state index is 9.22. The van der Waals surface area contributed by atoms with E-state index < -0.39 is 0 Å². The van der Waals surface area contributed by atoms with Crippen LogP contribution in [0.5, 0.6) is 0 Å². The molecule has 0 aliphatic carbocycles. The van der Waals surface area contributed by atoms with Gasteiger partial charge in [-0.05, 0) is 18.2 Å². The van der Waals surface area contributed by atoms with Gasteiger partial charge in [-0.3, -0.25) is 0 Å². The molecule has 19 heavy (non-hydrogen) atoms. The van der Waals surface area contributed by atoms with Gasteiger partial charge in [0.25, 0.3) is 0 Å². The van der Waals surface area contributed by atoms with Crippen LogP contribution in [0.2, 0.25) is 0 Å². The van der Waals surface area contributed by atoms with Crippen LogP contribution >= 0.6 is 0 Å². The zero-order valence-electron chi connectivity index (χ0n) is 11.0. The van der Waals surface area contributed by atoms with Gasteiger partial charge in [-0.1, -0.05) is 0 Å². The van der Waals surface area contributed by atoms with Crippen molar-refractivity contribution in [2.45, 2.75) is 6.92 Å². The van der Waals surface area contributed by atoms with Crippen molar-refractivity contribution in [3.05, 3.63) is 24.1 Å². The van der Waals surface area contributed by atoms with Crippen LogP contribution in [0.4, 0.5) is 5.69 Å². The fourth-order valence-electron chi connectivity index (χ4n) is 2.35. The lowest BCUT2D eigenvalue weighted by atomic mass is 9.87. The lowest BCUT2D eigenvalue weighted by Gasteiger charge is -2.38. The molecule has 0 bridgehead atoms. The Labute approximate surface area is 111 Å². The van der Waals surface area contributed by atoms with Gasteiger partial charge in [-0.25, -0.2) is 4.98 Å². The Morgan fingerprint density at radius 2 is 2.26 bits per heavy atom. The standard InChI is InChI=1S/C14H15N3O2/c1-10-16-12-5-11(3-4-13(12)19-10)17(2)7-14(6-15)8-18-9-14/h3-5H,7-9H2,1-2H3. The lowest BCUT2D eigenvalue weighted by molar-refractivity contribution is -0.0716. The van der Waals surface area contributed by atoms with E-state index in [0.29, 0.717) is 25.6 Å². The maximum absolute atomic E-state index is 9.22. The molecule has 0 atom stereocenters. The molecule has 1 aliphatic rings. The minimum atomic E-state index is -0.372.